The van der Waals surface area contributed by atoms with Crippen LogP contribution in [0, 0.1) is 3.57 Å². The Bertz CT molecular complexity index is 377. The summed E-state index contributed by atoms with van der Waals surface area (Å²) >= 11 is 1.99. The van der Waals surface area contributed by atoms with Gasteiger partial charge in [0.1, 0.15) is 9.39 Å². The lowest BCUT2D eigenvalue weighted by Crippen LogP contribution is -2.32. The first-order valence-electron chi connectivity index (χ1n) is 4.66. The number of nitrogens with one attached hydrogen (secondary N) is 2. The van der Waals surface area contributed by atoms with Gasteiger partial charge in [-0.05, 0) is 43.6 Å². The standard InChI is InChI=1S/C9H15IN4O/c1-6(14(2)3)4-11-8-7(10)9(15)13-5-12-8/h5-6H,4H2,1-3H3,(H2,11,12,13,15). The van der Waals surface area contributed by atoms with Crippen molar-refractivity contribution in [3.8, 4) is 0 Å². The Morgan fingerprint density at radius 2 is 2.33 bits per heavy atom. The minimum atomic E-state index is -0.106. The summed E-state index contributed by atoms with van der Waals surface area (Å²) < 4.78 is 0.598. The molecule has 6 heteroatoms. The molecule has 2 N–H and O–H groups in total. The third kappa shape index (κ3) is 3.45. The number of rotatable bonds is 4. The van der Waals surface area contributed by atoms with E-state index in [2.05, 4.69) is 27.1 Å². The molecule has 0 fully saturated rings. The predicted octanol–water partition coefficient (Wildman–Crippen LogP) is 0.737. The monoisotopic (exact) mass is 322 g/mol. The summed E-state index contributed by atoms with van der Waals surface area (Å²) in [4.78, 5) is 20.0. The highest BCUT2D eigenvalue weighted by atomic mass is 127. The fourth-order valence-electron chi connectivity index (χ4n) is 0.933. The molecule has 0 aliphatic heterocycles. The Morgan fingerprint density at radius 3 is 2.93 bits per heavy atom. The number of aromatic nitrogens is 2. The quantitative estimate of drug-likeness (QED) is 0.803. The van der Waals surface area contributed by atoms with Crippen molar-refractivity contribution in [1.82, 2.24) is 14.9 Å². The van der Waals surface area contributed by atoms with Crippen molar-refractivity contribution >= 4 is 28.4 Å². The number of nitrogens with zero attached hydrogens (tertiary/aromatic N) is 2. The Morgan fingerprint density at radius 1 is 1.67 bits per heavy atom. The molecule has 1 atom stereocenters. The number of likely N-dealkylation sites (N-methyl/N-ethyl adjacent to an activating group) is 1. The van der Waals surface area contributed by atoms with Crippen LogP contribution in [0.3, 0.4) is 0 Å². The van der Waals surface area contributed by atoms with Crippen LogP contribution in [0.2, 0.25) is 0 Å². The zero-order valence-electron chi connectivity index (χ0n) is 9.04. The van der Waals surface area contributed by atoms with E-state index in [-0.39, 0.29) is 5.56 Å². The van der Waals surface area contributed by atoms with Gasteiger partial charge in [-0.2, -0.15) is 0 Å². The van der Waals surface area contributed by atoms with Gasteiger partial charge in [0.2, 0.25) is 0 Å². The van der Waals surface area contributed by atoms with Crippen molar-refractivity contribution < 1.29 is 0 Å². The lowest BCUT2D eigenvalue weighted by molar-refractivity contribution is 0.326. The van der Waals surface area contributed by atoms with Gasteiger partial charge in [-0.25, -0.2) is 4.98 Å². The Balaban J connectivity index is 2.66. The highest BCUT2D eigenvalue weighted by molar-refractivity contribution is 14.1. The summed E-state index contributed by atoms with van der Waals surface area (Å²) in [5, 5.41) is 3.15. The maximum atomic E-state index is 11.3. The summed E-state index contributed by atoms with van der Waals surface area (Å²) in [5.74, 6) is 0.646. The SMILES string of the molecule is CC(CNc1nc[nH]c(=O)c1I)N(C)C. The lowest BCUT2D eigenvalue weighted by atomic mass is 10.3. The van der Waals surface area contributed by atoms with Crippen LogP contribution in [0.5, 0.6) is 0 Å². The number of H-pyrrole nitrogens is 1. The van der Waals surface area contributed by atoms with Gasteiger partial charge in [0.05, 0.1) is 6.33 Å². The van der Waals surface area contributed by atoms with Crippen LogP contribution in [0.1, 0.15) is 6.92 Å². The van der Waals surface area contributed by atoms with Crippen molar-refractivity contribution in [2.45, 2.75) is 13.0 Å². The molecule has 0 saturated carbocycles. The molecule has 1 rings (SSSR count). The molecule has 0 bridgehead atoms. The van der Waals surface area contributed by atoms with Gasteiger partial charge in [0.15, 0.2) is 0 Å². The van der Waals surface area contributed by atoms with Crippen LogP contribution in [-0.4, -0.2) is 41.5 Å². The minimum absolute atomic E-state index is 0.106. The summed E-state index contributed by atoms with van der Waals surface area (Å²) in [7, 11) is 4.03. The molecule has 5 nitrogen and oxygen atoms in total. The molecule has 1 unspecified atom stereocenters. The number of hydrogen-bond donors (Lipinski definition) is 2. The fraction of sp³-hybridized carbons (Fsp3) is 0.556. The van der Waals surface area contributed by atoms with E-state index in [1.165, 1.54) is 6.33 Å². The fourth-order valence-corrected chi connectivity index (χ4v) is 1.42. The Kier molecular flexibility index (Phi) is 4.52. The second-order valence-electron chi connectivity index (χ2n) is 3.59. The molecule has 0 spiro atoms. The van der Waals surface area contributed by atoms with E-state index in [0.29, 0.717) is 15.4 Å². The molecule has 0 radical (unpaired) electrons. The van der Waals surface area contributed by atoms with Gasteiger partial charge in [-0.15, -0.1) is 0 Å². The first-order valence-corrected chi connectivity index (χ1v) is 5.73. The third-order valence-electron chi connectivity index (χ3n) is 2.24. The van der Waals surface area contributed by atoms with Crippen molar-refractivity contribution in [2.75, 3.05) is 26.0 Å². The molecule has 1 aromatic heterocycles. The van der Waals surface area contributed by atoms with Gasteiger partial charge in [-0.1, -0.05) is 0 Å². The first kappa shape index (κ1) is 12.4. The van der Waals surface area contributed by atoms with Crippen LogP contribution in [0.25, 0.3) is 0 Å². The summed E-state index contributed by atoms with van der Waals surface area (Å²) in [6, 6.07) is 0.391. The third-order valence-corrected chi connectivity index (χ3v) is 3.24. The number of aromatic amines is 1. The minimum Gasteiger partial charge on any atom is -0.367 e. The first-order chi connectivity index (χ1) is 7.02. The second kappa shape index (κ2) is 5.45. The van der Waals surface area contributed by atoms with Crippen LogP contribution < -0.4 is 10.9 Å². The maximum absolute atomic E-state index is 11.3. The molecule has 0 aromatic carbocycles. The van der Waals surface area contributed by atoms with Gasteiger partial charge in [0, 0.05) is 12.6 Å². The molecule has 1 heterocycles. The highest BCUT2D eigenvalue weighted by Crippen LogP contribution is 2.08. The van der Waals surface area contributed by atoms with E-state index in [0.717, 1.165) is 6.54 Å². The van der Waals surface area contributed by atoms with E-state index in [4.69, 9.17) is 0 Å². The molecule has 0 saturated heterocycles. The van der Waals surface area contributed by atoms with Crippen molar-refractivity contribution in [3.05, 3.63) is 20.3 Å². The van der Waals surface area contributed by atoms with E-state index in [1.54, 1.807) is 0 Å². The number of hydrogen-bond acceptors (Lipinski definition) is 4. The lowest BCUT2D eigenvalue weighted by Gasteiger charge is -2.20. The van der Waals surface area contributed by atoms with Gasteiger partial charge in [-0.3, -0.25) is 4.79 Å². The molecule has 0 aliphatic carbocycles. The average molecular weight is 322 g/mol. The van der Waals surface area contributed by atoms with Gasteiger partial charge >= 0.3 is 0 Å². The van der Waals surface area contributed by atoms with E-state index in [1.807, 2.05) is 36.7 Å². The molecule has 1 aromatic rings. The summed E-state index contributed by atoms with van der Waals surface area (Å²) in [6.45, 7) is 2.87. The smallest absolute Gasteiger partial charge is 0.266 e. The van der Waals surface area contributed by atoms with E-state index in [9.17, 15) is 4.79 Å². The van der Waals surface area contributed by atoms with Crippen LogP contribution >= 0.6 is 22.6 Å². The highest BCUT2D eigenvalue weighted by Gasteiger charge is 2.07. The zero-order valence-corrected chi connectivity index (χ0v) is 11.2. The van der Waals surface area contributed by atoms with Crippen LogP contribution in [0.4, 0.5) is 5.82 Å². The molecule has 15 heavy (non-hydrogen) atoms. The van der Waals surface area contributed by atoms with Crippen molar-refractivity contribution in [1.29, 1.82) is 0 Å². The van der Waals surface area contributed by atoms with Crippen LogP contribution in [-0.2, 0) is 0 Å². The zero-order chi connectivity index (χ0) is 11.4. The van der Waals surface area contributed by atoms with Crippen molar-refractivity contribution in [3.63, 3.8) is 0 Å². The maximum Gasteiger partial charge on any atom is 0.266 e. The van der Waals surface area contributed by atoms with Crippen molar-refractivity contribution in [2.24, 2.45) is 0 Å². The normalized spacial score (nSPS) is 12.9. The molecular formula is C9H15IN4O. The van der Waals surface area contributed by atoms with Gasteiger partial charge < -0.3 is 15.2 Å². The number of anilines is 1. The predicted molar refractivity (Wildman–Crippen MR) is 69.2 cm³/mol. The summed E-state index contributed by atoms with van der Waals surface area (Å²) in [5.41, 5.74) is -0.106. The summed E-state index contributed by atoms with van der Waals surface area (Å²) in [6.07, 6.45) is 1.41. The largest absolute Gasteiger partial charge is 0.367 e. The Hall–Kier alpha value is -0.630. The average Bonchev–Trinajstić information content (AvgIpc) is 2.19. The molecule has 84 valence electrons. The second-order valence-corrected chi connectivity index (χ2v) is 4.67. The molecule has 0 aliphatic rings. The number of halogens is 1. The van der Waals surface area contributed by atoms with Crippen LogP contribution in [0.15, 0.2) is 11.1 Å². The molecular weight excluding hydrogens is 307 g/mol. The van der Waals surface area contributed by atoms with E-state index < -0.39 is 0 Å². The van der Waals surface area contributed by atoms with E-state index >= 15 is 0 Å². The molecule has 0 amide bonds. The topological polar surface area (TPSA) is 61.0 Å². The van der Waals surface area contributed by atoms with Gasteiger partial charge in [0.25, 0.3) is 5.56 Å². The Labute approximate surface area is 102 Å².